The molecule has 2 aromatic rings. The van der Waals surface area contributed by atoms with Crippen molar-refractivity contribution in [1.82, 2.24) is 10.3 Å². The van der Waals surface area contributed by atoms with Gasteiger partial charge in [-0.05, 0) is 48.6 Å². The molecule has 1 aromatic heterocycles. The highest BCUT2D eigenvalue weighted by Crippen LogP contribution is 2.25. The molecule has 1 aromatic carbocycles. The van der Waals surface area contributed by atoms with Crippen molar-refractivity contribution in [2.24, 2.45) is 5.92 Å². The van der Waals surface area contributed by atoms with Gasteiger partial charge in [-0.3, -0.25) is 14.6 Å². The summed E-state index contributed by atoms with van der Waals surface area (Å²) in [5, 5.41) is 5.77. The molecule has 5 nitrogen and oxygen atoms in total. The van der Waals surface area contributed by atoms with E-state index in [9.17, 15) is 9.59 Å². The number of nitrogens with one attached hydrogen (secondary N) is 2. The summed E-state index contributed by atoms with van der Waals surface area (Å²) in [7, 11) is 0. The minimum Gasteiger partial charge on any atom is -0.348 e. The van der Waals surface area contributed by atoms with E-state index in [1.54, 1.807) is 24.4 Å². The topological polar surface area (TPSA) is 71.1 Å². The van der Waals surface area contributed by atoms with E-state index in [0.717, 1.165) is 5.56 Å². The van der Waals surface area contributed by atoms with Crippen LogP contribution >= 0.6 is 0 Å². The fourth-order valence-corrected chi connectivity index (χ4v) is 3.12. The molecule has 0 unspecified atom stereocenters. The number of amides is 2. The van der Waals surface area contributed by atoms with E-state index in [1.165, 1.54) is 31.9 Å². The summed E-state index contributed by atoms with van der Waals surface area (Å²) in [5.74, 6) is 0.193. The Morgan fingerprint density at radius 2 is 1.92 bits per heavy atom. The van der Waals surface area contributed by atoms with E-state index >= 15 is 0 Å². The van der Waals surface area contributed by atoms with Crippen molar-refractivity contribution in [1.29, 1.82) is 0 Å². The van der Waals surface area contributed by atoms with Crippen LogP contribution < -0.4 is 10.6 Å². The number of benzene rings is 1. The second-order valence-electron chi connectivity index (χ2n) is 6.47. The highest BCUT2D eigenvalue weighted by atomic mass is 16.2. The lowest BCUT2D eigenvalue weighted by Gasteiger charge is -2.11. The molecule has 1 fully saturated rings. The van der Waals surface area contributed by atoms with Crippen LogP contribution in [-0.4, -0.2) is 16.8 Å². The molecule has 0 bridgehead atoms. The van der Waals surface area contributed by atoms with Crippen LogP contribution in [0.5, 0.6) is 0 Å². The Balaban J connectivity index is 1.59. The third-order valence-electron chi connectivity index (χ3n) is 4.56. The Labute approximate surface area is 153 Å². The van der Waals surface area contributed by atoms with Crippen LogP contribution in [0.15, 0.2) is 60.9 Å². The number of hydrogen-bond acceptors (Lipinski definition) is 3. The maximum Gasteiger partial charge on any atom is 0.253 e. The lowest BCUT2D eigenvalue weighted by Crippen LogP contribution is -2.23. The van der Waals surface area contributed by atoms with Crippen LogP contribution in [-0.2, 0) is 11.3 Å². The maximum atomic E-state index is 12.2. The number of nitrogens with zero attached hydrogens (tertiary/aromatic N) is 1. The summed E-state index contributed by atoms with van der Waals surface area (Å²) in [5.41, 5.74) is 2.07. The number of rotatable bonds is 6. The molecule has 1 aliphatic rings. The van der Waals surface area contributed by atoms with Crippen molar-refractivity contribution < 1.29 is 9.59 Å². The average Bonchev–Trinajstić information content (AvgIpc) is 3.20. The first-order valence-electron chi connectivity index (χ1n) is 8.97. The summed E-state index contributed by atoms with van der Waals surface area (Å²) in [6, 6.07) is 10.9. The quantitative estimate of drug-likeness (QED) is 0.781. The zero-order valence-corrected chi connectivity index (χ0v) is 14.7. The average molecular weight is 349 g/mol. The van der Waals surface area contributed by atoms with Gasteiger partial charge in [-0.25, -0.2) is 0 Å². The molecular weight excluding hydrogens is 326 g/mol. The molecule has 2 amide bonds. The lowest BCUT2D eigenvalue weighted by molar-refractivity contribution is -0.111. The maximum absolute atomic E-state index is 12.2. The Morgan fingerprint density at radius 1 is 1.12 bits per heavy atom. The Bertz CT molecular complexity index is 781. The molecule has 3 rings (SSSR count). The highest BCUT2D eigenvalue weighted by molar-refractivity contribution is 6.00. The number of para-hydroxylation sites is 1. The number of aromatic nitrogens is 1. The van der Waals surface area contributed by atoms with Crippen molar-refractivity contribution >= 4 is 17.5 Å². The van der Waals surface area contributed by atoms with Gasteiger partial charge in [0.25, 0.3) is 5.91 Å². The smallest absolute Gasteiger partial charge is 0.253 e. The van der Waals surface area contributed by atoms with Crippen LogP contribution in [0.25, 0.3) is 0 Å². The van der Waals surface area contributed by atoms with E-state index < -0.39 is 0 Å². The third-order valence-corrected chi connectivity index (χ3v) is 4.56. The van der Waals surface area contributed by atoms with E-state index in [2.05, 4.69) is 15.6 Å². The molecule has 1 heterocycles. The largest absolute Gasteiger partial charge is 0.348 e. The molecule has 0 radical (unpaired) electrons. The number of pyridine rings is 1. The first-order valence-corrected chi connectivity index (χ1v) is 8.97. The Hall–Kier alpha value is -2.95. The van der Waals surface area contributed by atoms with Gasteiger partial charge in [0.1, 0.15) is 0 Å². The van der Waals surface area contributed by atoms with Gasteiger partial charge in [0.05, 0.1) is 5.56 Å². The van der Waals surface area contributed by atoms with Crippen LogP contribution in [0.4, 0.5) is 5.69 Å². The molecule has 134 valence electrons. The lowest BCUT2D eigenvalue weighted by atomic mass is 10.1. The molecule has 2 N–H and O–H groups in total. The monoisotopic (exact) mass is 349 g/mol. The van der Waals surface area contributed by atoms with Crippen LogP contribution in [0.2, 0.25) is 0 Å². The van der Waals surface area contributed by atoms with Gasteiger partial charge < -0.3 is 10.6 Å². The standard InChI is InChI=1S/C21H23N3O2/c25-20(12-11-16-6-1-2-7-16)24-19-10-4-3-8-17(19)15-23-21(26)18-9-5-13-22-14-18/h3-5,8-14,16H,1-2,6-7,15H2,(H,23,26)(H,24,25)/b12-11+. The van der Waals surface area contributed by atoms with Gasteiger partial charge in [0.15, 0.2) is 0 Å². The van der Waals surface area contributed by atoms with E-state index in [-0.39, 0.29) is 11.8 Å². The number of hydrogen-bond donors (Lipinski definition) is 2. The number of carbonyl (C=O) groups is 2. The summed E-state index contributed by atoms with van der Waals surface area (Å²) in [4.78, 5) is 28.3. The number of anilines is 1. The molecule has 0 spiro atoms. The second-order valence-corrected chi connectivity index (χ2v) is 6.47. The summed E-state index contributed by atoms with van der Waals surface area (Å²) in [6.45, 7) is 0.330. The molecule has 1 saturated carbocycles. The van der Waals surface area contributed by atoms with Crippen LogP contribution in [0.1, 0.15) is 41.6 Å². The summed E-state index contributed by atoms with van der Waals surface area (Å²) in [6.07, 6.45) is 11.6. The minimum atomic E-state index is -0.194. The first kappa shape index (κ1) is 17.9. The van der Waals surface area contributed by atoms with Gasteiger partial charge in [-0.2, -0.15) is 0 Å². The van der Waals surface area contributed by atoms with Crippen LogP contribution in [0.3, 0.4) is 0 Å². The minimum absolute atomic E-state index is 0.136. The van der Waals surface area contributed by atoms with E-state index in [4.69, 9.17) is 0 Å². The molecule has 1 aliphatic carbocycles. The molecule has 0 saturated heterocycles. The van der Waals surface area contributed by atoms with Gasteiger partial charge in [0.2, 0.25) is 5.91 Å². The predicted molar refractivity (Wildman–Crippen MR) is 102 cm³/mol. The first-order chi connectivity index (χ1) is 12.7. The van der Waals surface area contributed by atoms with Crippen molar-refractivity contribution in [3.63, 3.8) is 0 Å². The Kier molecular flexibility index (Phi) is 6.14. The molecule has 0 atom stereocenters. The highest BCUT2D eigenvalue weighted by Gasteiger charge is 2.12. The predicted octanol–water partition coefficient (Wildman–Crippen LogP) is 3.70. The van der Waals surface area contributed by atoms with Crippen molar-refractivity contribution in [3.8, 4) is 0 Å². The van der Waals surface area contributed by atoms with E-state index in [1.807, 2.05) is 30.3 Å². The van der Waals surface area contributed by atoms with E-state index in [0.29, 0.717) is 23.7 Å². The number of allylic oxidation sites excluding steroid dienone is 1. The molecule has 26 heavy (non-hydrogen) atoms. The van der Waals surface area contributed by atoms with Crippen molar-refractivity contribution in [2.75, 3.05) is 5.32 Å². The van der Waals surface area contributed by atoms with Gasteiger partial charge >= 0.3 is 0 Å². The third kappa shape index (κ3) is 5.02. The summed E-state index contributed by atoms with van der Waals surface area (Å²) >= 11 is 0. The van der Waals surface area contributed by atoms with Crippen molar-refractivity contribution in [3.05, 3.63) is 72.1 Å². The van der Waals surface area contributed by atoms with Gasteiger partial charge in [0, 0.05) is 24.6 Å². The van der Waals surface area contributed by atoms with Gasteiger partial charge in [-0.15, -0.1) is 0 Å². The van der Waals surface area contributed by atoms with Crippen LogP contribution in [0, 0.1) is 5.92 Å². The second kappa shape index (κ2) is 8.94. The molecular formula is C21H23N3O2. The fraction of sp³-hybridized carbons (Fsp3) is 0.286. The molecule has 5 heteroatoms. The molecule has 0 aliphatic heterocycles. The fourth-order valence-electron chi connectivity index (χ4n) is 3.12. The summed E-state index contributed by atoms with van der Waals surface area (Å²) < 4.78 is 0. The zero-order valence-electron chi connectivity index (χ0n) is 14.7. The SMILES string of the molecule is O=C(/C=C/C1CCCC1)Nc1ccccc1CNC(=O)c1cccnc1. The van der Waals surface area contributed by atoms with Crippen molar-refractivity contribution in [2.45, 2.75) is 32.2 Å². The Morgan fingerprint density at radius 3 is 2.69 bits per heavy atom. The number of carbonyl (C=O) groups excluding carboxylic acids is 2. The zero-order chi connectivity index (χ0) is 18.2. The normalized spacial score (nSPS) is 14.5. The van der Waals surface area contributed by atoms with Gasteiger partial charge in [-0.1, -0.05) is 37.1 Å².